The van der Waals surface area contributed by atoms with Gasteiger partial charge in [-0.05, 0) is 116 Å². The molecule has 0 saturated heterocycles. The molecule has 2 aromatic rings. The topological polar surface area (TPSA) is 47.7 Å². The van der Waals surface area contributed by atoms with Crippen molar-refractivity contribution in [2.45, 2.75) is 104 Å². The first-order valence-electron chi connectivity index (χ1n) is 17.1. The summed E-state index contributed by atoms with van der Waals surface area (Å²) >= 11 is 0. The summed E-state index contributed by atoms with van der Waals surface area (Å²) in [5.74, 6) is 6.49. The van der Waals surface area contributed by atoms with Crippen molar-refractivity contribution >= 4 is 11.4 Å². The average Bonchev–Trinajstić information content (AvgIpc) is 3.31. The minimum Gasteiger partial charge on any atom is -0.490 e. The maximum Gasteiger partial charge on any atom is 0.121 e. The summed E-state index contributed by atoms with van der Waals surface area (Å²) in [7, 11) is 4.18. The predicted octanol–water partition coefficient (Wildman–Crippen LogP) is 9.23. The largest absolute Gasteiger partial charge is 0.490 e. The van der Waals surface area contributed by atoms with E-state index in [1.807, 2.05) is 18.2 Å². The molecule has 230 valence electrons. The van der Waals surface area contributed by atoms with E-state index in [0.717, 1.165) is 59.6 Å². The van der Waals surface area contributed by atoms with Gasteiger partial charge >= 0.3 is 0 Å². The van der Waals surface area contributed by atoms with Crippen molar-refractivity contribution in [3.8, 4) is 11.5 Å². The molecule has 0 heterocycles. The smallest absolute Gasteiger partial charge is 0.121 e. The van der Waals surface area contributed by atoms with E-state index in [0.29, 0.717) is 11.3 Å². The number of rotatable bonds is 8. The molecule has 0 aliphatic heterocycles. The summed E-state index contributed by atoms with van der Waals surface area (Å²) in [6, 6.07) is 16.7. The highest BCUT2D eigenvalue weighted by Gasteiger charge is 2.63. The molecule has 6 rings (SSSR count). The normalized spacial score (nSPS) is 38.1. The summed E-state index contributed by atoms with van der Waals surface area (Å²) in [5, 5.41) is 0. The highest BCUT2D eigenvalue weighted by atomic mass is 16.5. The Morgan fingerprint density at radius 3 is 2.31 bits per heavy atom. The average molecular weight is 573 g/mol. The summed E-state index contributed by atoms with van der Waals surface area (Å²) in [6.07, 6.45) is 13.4. The van der Waals surface area contributed by atoms with Gasteiger partial charge in [-0.15, -0.1) is 0 Å². The van der Waals surface area contributed by atoms with Crippen LogP contribution >= 0.6 is 0 Å². The van der Waals surface area contributed by atoms with E-state index in [2.05, 4.69) is 77.0 Å². The predicted molar refractivity (Wildman–Crippen MR) is 175 cm³/mol. The van der Waals surface area contributed by atoms with Crippen LogP contribution < -0.4 is 20.1 Å². The third-order valence-corrected chi connectivity index (χ3v) is 12.9. The van der Waals surface area contributed by atoms with Gasteiger partial charge in [0.15, 0.2) is 0 Å². The molecule has 0 amide bonds. The van der Waals surface area contributed by atoms with Crippen LogP contribution in [-0.2, 0) is 0 Å². The molecule has 4 saturated carbocycles. The van der Waals surface area contributed by atoms with E-state index < -0.39 is 0 Å². The third kappa shape index (κ3) is 5.30. The molecule has 10 atom stereocenters. The number of nitrogens with zero attached hydrogens (tertiary/aromatic N) is 1. The molecule has 0 bridgehead atoms. The second-order valence-corrected chi connectivity index (χ2v) is 15.4. The zero-order valence-electron chi connectivity index (χ0n) is 27.1. The fourth-order valence-electron chi connectivity index (χ4n) is 10.9. The lowest BCUT2D eigenvalue weighted by Crippen LogP contribution is -2.59. The fourth-order valence-corrected chi connectivity index (χ4v) is 10.9. The number of fused-ring (bicyclic) bond motifs is 5. The van der Waals surface area contributed by atoms with Gasteiger partial charge < -0.3 is 20.1 Å². The zero-order chi connectivity index (χ0) is 29.6. The van der Waals surface area contributed by atoms with Crippen molar-refractivity contribution in [1.82, 2.24) is 0 Å². The van der Waals surface area contributed by atoms with Crippen LogP contribution in [0.3, 0.4) is 0 Å². The molecule has 4 aliphatic rings. The summed E-state index contributed by atoms with van der Waals surface area (Å²) in [4.78, 5) is 2.15. The van der Waals surface area contributed by atoms with Gasteiger partial charge in [0.2, 0.25) is 0 Å². The van der Waals surface area contributed by atoms with Crippen LogP contribution in [0.15, 0.2) is 48.5 Å². The quantitative estimate of drug-likeness (QED) is 0.320. The summed E-state index contributed by atoms with van der Waals surface area (Å²) in [6.45, 7) is 10.2. The minimum atomic E-state index is 0.201. The van der Waals surface area contributed by atoms with Crippen molar-refractivity contribution in [3.05, 3.63) is 48.5 Å². The Labute approximate surface area is 255 Å². The second-order valence-electron chi connectivity index (χ2n) is 15.4. The van der Waals surface area contributed by atoms with E-state index in [1.165, 1.54) is 57.1 Å². The van der Waals surface area contributed by atoms with Crippen LogP contribution in [0.4, 0.5) is 11.4 Å². The molecule has 0 aromatic heterocycles. The molecule has 42 heavy (non-hydrogen) atoms. The van der Waals surface area contributed by atoms with Crippen molar-refractivity contribution in [2.24, 2.45) is 46.3 Å². The van der Waals surface area contributed by atoms with Gasteiger partial charge in [0.25, 0.3) is 0 Å². The van der Waals surface area contributed by atoms with E-state index in [-0.39, 0.29) is 17.6 Å². The van der Waals surface area contributed by atoms with E-state index >= 15 is 0 Å². The first-order chi connectivity index (χ1) is 20.1. The molecule has 0 spiro atoms. The highest BCUT2D eigenvalue weighted by molar-refractivity contribution is 5.49. The molecule has 2 N–H and O–H groups in total. The first-order valence-corrected chi connectivity index (χ1v) is 17.1. The zero-order valence-corrected chi connectivity index (χ0v) is 27.1. The van der Waals surface area contributed by atoms with Gasteiger partial charge in [0, 0.05) is 43.5 Å². The SMILES string of the molecule is CCC[C@@H](C)[C@H]1CC[C@H]2[C@@H]3CC(Oc4cccc(N)c4)C4CC(Oc5cccc(N(C)C)c5)CC[C@]4(C)[C@H]3CC[C@]12C. The molecule has 2 aromatic carbocycles. The maximum atomic E-state index is 7.02. The highest BCUT2D eigenvalue weighted by Crippen LogP contribution is 2.68. The Balaban J connectivity index is 1.28. The molecule has 0 radical (unpaired) electrons. The lowest BCUT2D eigenvalue weighted by atomic mass is 9.43. The van der Waals surface area contributed by atoms with Gasteiger partial charge in [-0.25, -0.2) is 0 Å². The number of ether oxygens (including phenoxy) is 2. The molecule has 3 unspecified atom stereocenters. The van der Waals surface area contributed by atoms with Gasteiger partial charge in [0.1, 0.15) is 17.6 Å². The Kier molecular flexibility index (Phi) is 8.22. The molecule has 4 fully saturated rings. The Hall–Kier alpha value is -2.36. The standard InChI is InChI=1S/C38H56N2O2/c1-7-10-25(2)32-15-16-33-31-24-36(42-28-13-8-11-26(39)21-28)35-23-30(41-29-14-9-12-27(22-29)40(5)6)17-19-38(35,4)34(31)18-20-37(32,33)3/h8-9,11-14,21-22,25,30-36H,7,10,15-20,23-24,39H2,1-6H3/t25-,30?,31+,32-,33+,34+,35?,36?,37-,38-/m1/s1. The number of nitrogen functional groups attached to an aromatic ring is 1. The monoisotopic (exact) mass is 572 g/mol. The lowest BCUT2D eigenvalue weighted by molar-refractivity contribution is -0.164. The number of hydrogen-bond donors (Lipinski definition) is 1. The van der Waals surface area contributed by atoms with Gasteiger partial charge in [-0.1, -0.05) is 52.7 Å². The van der Waals surface area contributed by atoms with Crippen LogP contribution in [0.5, 0.6) is 11.5 Å². The Morgan fingerprint density at radius 1 is 0.857 bits per heavy atom. The molecular weight excluding hydrogens is 516 g/mol. The van der Waals surface area contributed by atoms with Crippen molar-refractivity contribution < 1.29 is 9.47 Å². The van der Waals surface area contributed by atoms with Crippen molar-refractivity contribution in [2.75, 3.05) is 24.7 Å². The van der Waals surface area contributed by atoms with Crippen molar-refractivity contribution in [1.29, 1.82) is 0 Å². The Morgan fingerprint density at radius 2 is 1.57 bits per heavy atom. The lowest BCUT2D eigenvalue weighted by Gasteiger charge is -2.63. The minimum absolute atomic E-state index is 0.201. The molecule has 4 aliphatic carbocycles. The van der Waals surface area contributed by atoms with Crippen LogP contribution in [0.25, 0.3) is 0 Å². The fraction of sp³-hybridized carbons (Fsp3) is 0.684. The van der Waals surface area contributed by atoms with Crippen LogP contribution in [0, 0.1) is 46.3 Å². The maximum absolute atomic E-state index is 7.02. The van der Waals surface area contributed by atoms with Gasteiger partial charge in [0.05, 0.1) is 6.10 Å². The summed E-state index contributed by atoms with van der Waals surface area (Å²) in [5.41, 5.74) is 8.96. The van der Waals surface area contributed by atoms with Crippen LogP contribution in [0.2, 0.25) is 0 Å². The van der Waals surface area contributed by atoms with Crippen LogP contribution in [0.1, 0.15) is 91.9 Å². The molecule has 4 heteroatoms. The molecular formula is C38H56N2O2. The number of anilines is 2. The first kappa shape index (κ1) is 29.7. The summed E-state index contributed by atoms with van der Waals surface area (Å²) < 4.78 is 13.8. The Bertz CT molecular complexity index is 1230. The molecule has 4 nitrogen and oxygen atoms in total. The number of benzene rings is 2. The second kappa shape index (κ2) is 11.6. The van der Waals surface area contributed by atoms with Crippen molar-refractivity contribution in [3.63, 3.8) is 0 Å². The van der Waals surface area contributed by atoms with Gasteiger partial charge in [-0.3, -0.25) is 0 Å². The van der Waals surface area contributed by atoms with E-state index in [1.54, 1.807) is 0 Å². The van der Waals surface area contributed by atoms with Crippen LogP contribution in [-0.4, -0.2) is 26.3 Å². The number of hydrogen-bond acceptors (Lipinski definition) is 4. The third-order valence-electron chi connectivity index (χ3n) is 12.9. The van der Waals surface area contributed by atoms with E-state index in [4.69, 9.17) is 15.2 Å². The van der Waals surface area contributed by atoms with E-state index in [9.17, 15) is 0 Å². The number of nitrogens with two attached hydrogens (primary N) is 1. The van der Waals surface area contributed by atoms with Gasteiger partial charge in [-0.2, -0.15) is 0 Å².